The molecule has 4 nitrogen and oxygen atoms in total. The van der Waals surface area contributed by atoms with Crippen molar-refractivity contribution in [3.05, 3.63) is 12.4 Å². The third-order valence-corrected chi connectivity index (χ3v) is 2.43. The van der Waals surface area contributed by atoms with Crippen LogP contribution < -0.4 is 9.64 Å². The maximum atomic E-state index is 5.07. The van der Waals surface area contributed by atoms with Gasteiger partial charge in [-0.1, -0.05) is 15.9 Å². The second-order valence-electron chi connectivity index (χ2n) is 3.39. The quantitative estimate of drug-likeness (QED) is 0.771. The number of hydrogen-bond acceptors (Lipinski definition) is 4. The summed E-state index contributed by atoms with van der Waals surface area (Å²) in [6.45, 7) is 5.19. The van der Waals surface area contributed by atoms with Gasteiger partial charge in [0.05, 0.1) is 7.11 Å². The molecule has 0 amide bonds. The highest BCUT2D eigenvalue weighted by atomic mass is 79.9. The van der Waals surface area contributed by atoms with Crippen molar-refractivity contribution in [2.75, 3.05) is 23.9 Å². The molecule has 0 aromatic carbocycles. The molecule has 5 heteroatoms. The highest BCUT2D eigenvalue weighted by Crippen LogP contribution is 2.17. The van der Waals surface area contributed by atoms with E-state index in [-0.39, 0.29) is 0 Å². The van der Waals surface area contributed by atoms with Crippen LogP contribution in [0.2, 0.25) is 0 Å². The fourth-order valence-electron chi connectivity index (χ4n) is 1.33. The molecule has 1 aromatic heterocycles. The molecule has 0 fully saturated rings. The standard InChI is InChI=1S/C10H16BrN3O/c1-8(2)14(5-4-11)9-6-10(15-3)13-7-12-9/h6-8H,4-5H2,1-3H3. The van der Waals surface area contributed by atoms with Gasteiger partial charge in [0.15, 0.2) is 0 Å². The number of aromatic nitrogens is 2. The van der Waals surface area contributed by atoms with Crippen LogP contribution in [0.15, 0.2) is 12.4 Å². The molecule has 0 saturated carbocycles. The molecule has 1 heterocycles. The number of nitrogens with zero attached hydrogens (tertiary/aromatic N) is 3. The fourth-order valence-corrected chi connectivity index (χ4v) is 1.71. The van der Waals surface area contributed by atoms with Crippen molar-refractivity contribution in [1.82, 2.24) is 9.97 Å². The largest absolute Gasteiger partial charge is 0.481 e. The Kier molecular flexibility index (Phi) is 4.81. The zero-order valence-electron chi connectivity index (χ0n) is 9.27. The van der Waals surface area contributed by atoms with Gasteiger partial charge in [0.25, 0.3) is 0 Å². The lowest BCUT2D eigenvalue weighted by atomic mass is 10.3. The second-order valence-corrected chi connectivity index (χ2v) is 4.19. The van der Waals surface area contributed by atoms with Crippen LogP contribution in [-0.4, -0.2) is 35.0 Å². The van der Waals surface area contributed by atoms with Crippen LogP contribution >= 0.6 is 15.9 Å². The van der Waals surface area contributed by atoms with Gasteiger partial charge < -0.3 is 9.64 Å². The summed E-state index contributed by atoms with van der Waals surface area (Å²) in [6, 6.07) is 2.25. The van der Waals surface area contributed by atoms with E-state index in [0.29, 0.717) is 11.9 Å². The first-order valence-corrected chi connectivity index (χ1v) is 5.99. The lowest BCUT2D eigenvalue weighted by molar-refractivity contribution is 0.396. The van der Waals surface area contributed by atoms with Crippen molar-refractivity contribution >= 4 is 21.7 Å². The monoisotopic (exact) mass is 273 g/mol. The lowest BCUT2D eigenvalue weighted by Crippen LogP contribution is -2.33. The van der Waals surface area contributed by atoms with E-state index in [1.807, 2.05) is 6.07 Å². The summed E-state index contributed by atoms with van der Waals surface area (Å²) in [7, 11) is 1.61. The Morgan fingerprint density at radius 2 is 2.20 bits per heavy atom. The second kappa shape index (κ2) is 5.90. The van der Waals surface area contributed by atoms with Crippen molar-refractivity contribution in [3.8, 4) is 5.88 Å². The van der Waals surface area contributed by atoms with Gasteiger partial charge in [0.2, 0.25) is 5.88 Å². The van der Waals surface area contributed by atoms with Gasteiger partial charge >= 0.3 is 0 Å². The van der Waals surface area contributed by atoms with E-state index in [9.17, 15) is 0 Å². The first-order valence-electron chi connectivity index (χ1n) is 4.87. The summed E-state index contributed by atoms with van der Waals surface area (Å²) in [6.07, 6.45) is 1.53. The fraction of sp³-hybridized carbons (Fsp3) is 0.600. The van der Waals surface area contributed by atoms with Crippen molar-refractivity contribution in [1.29, 1.82) is 0 Å². The molecular weight excluding hydrogens is 258 g/mol. The first kappa shape index (κ1) is 12.2. The summed E-state index contributed by atoms with van der Waals surface area (Å²) in [5, 5.41) is 0.914. The SMILES string of the molecule is COc1cc(N(CCBr)C(C)C)ncn1. The number of anilines is 1. The maximum absolute atomic E-state index is 5.07. The molecule has 0 aliphatic rings. The Hall–Kier alpha value is -0.840. The smallest absolute Gasteiger partial charge is 0.218 e. The van der Waals surface area contributed by atoms with E-state index >= 15 is 0 Å². The zero-order chi connectivity index (χ0) is 11.3. The van der Waals surface area contributed by atoms with E-state index in [1.54, 1.807) is 7.11 Å². The van der Waals surface area contributed by atoms with Crippen LogP contribution in [0.5, 0.6) is 5.88 Å². The van der Waals surface area contributed by atoms with Crippen LogP contribution in [0.25, 0.3) is 0 Å². The van der Waals surface area contributed by atoms with E-state index in [1.165, 1.54) is 6.33 Å². The van der Waals surface area contributed by atoms with E-state index in [2.05, 4.69) is 44.6 Å². The van der Waals surface area contributed by atoms with Crippen LogP contribution in [-0.2, 0) is 0 Å². The average molecular weight is 274 g/mol. The summed E-state index contributed by atoms with van der Waals surface area (Å²) in [5.74, 6) is 1.50. The highest BCUT2D eigenvalue weighted by molar-refractivity contribution is 9.09. The molecule has 0 radical (unpaired) electrons. The normalized spacial score (nSPS) is 10.5. The first-order chi connectivity index (χ1) is 7.19. The van der Waals surface area contributed by atoms with Crippen LogP contribution in [0.1, 0.15) is 13.8 Å². The molecule has 0 bridgehead atoms. The van der Waals surface area contributed by atoms with Gasteiger partial charge in [-0.15, -0.1) is 0 Å². The minimum absolute atomic E-state index is 0.405. The molecule has 0 unspecified atom stereocenters. The third-order valence-electron chi connectivity index (χ3n) is 2.08. The maximum Gasteiger partial charge on any atom is 0.218 e. The number of alkyl halides is 1. The summed E-state index contributed by atoms with van der Waals surface area (Å²) in [4.78, 5) is 10.4. The number of hydrogen-bond donors (Lipinski definition) is 0. The van der Waals surface area contributed by atoms with Crippen LogP contribution in [0, 0.1) is 0 Å². The van der Waals surface area contributed by atoms with Crippen molar-refractivity contribution in [2.45, 2.75) is 19.9 Å². The number of methoxy groups -OCH3 is 1. The number of halogens is 1. The minimum atomic E-state index is 0.405. The Labute approximate surface area is 98.8 Å². The lowest BCUT2D eigenvalue weighted by Gasteiger charge is -2.26. The molecule has 1 rings (SSSR count). The zero-order valence-corrected chi connectivity index (χ0v) is 10.9. The highest BCUT2D eigenvalue weighted by Gasteiger charge is 2.11. The van der Waals surface area contributed by atoms with Crippen molar-refractivity contribution in [2.24, 2.45) is 0 Å². The molecule has 0 saturated heterocycles. The van der Waals surface area contributed by atoms with Gasteiger partial charge in [0.1, 0.15) is 12.1 Å². The topological polar surface area (TPSA) is 38.2 Å². The molecule has 0 aliphatic heterocycles. The molecular formula is C10H16BrN3O. The van der Waals surface area contributed by atoms with Crippen LogP contribution in [0.3, 0.4) is 0 Å². The molecule has 0 aliphatic carbocycles. The van der Waals surface area contributed by atoms with Crippen LogP contribution in [0.4, 0.5) is 5.82 Å². The molecule has 15 heavy (non-hydrogen) atoms. The predicted molar refractivity (Wildman–Crippen MR) is 64.9 cm³/mol. The minimum Gasteiger partial charge on any atom is -0.481 e. The summed E-state index contributed by atoms with van der Waals surface area (Å²) >= 11 is 3.43. The third kappa shape index (κ3) is 3.34. The van der Waals surface area contributed by atoms with Gasteiger partial charge in [-0.3, -0.25) is 0 Å². The summed E-state index contributed by atoms with van der Waals surface area (Å²) in [5.41, 5.74) is 0. The number of ether oxygens (including phenoxy) is 1. The predicted octanol–water partition coefficient (Wildman–Crippen LogP) is 2.09. The van der Waals surface area contributed by atoms with Crippen molar-refractivity contribution in [3.63, 3.8) is 0 Å². The Morgan fingerprint density at radius 3 is 2.73 bits per heavy atom. The van der Waals surface area contributed by atoms with E-state index in [0.717, 1.165) is 17.7 Å². The Bertz CT molecular complexity index is 306. The van der Waals surface area contributed by atoms with Gasteiger partial charge in [-0.25, -0.2) is 9.97 Å². The number of rotatable bonds is 5. The van der Waals surface area contributed by atoms with Crippen molar-refractivity contribution < 1.29 is 4.74 Å². The molecule has 1 aromatic rings. The van der Waals surface area contributed by atoms with Gasteiger partial charge in [0, 0.05) is 24.0 Å². The summed E-state index contributed by atoms with van der Waals surface area (Å²) < 4.78 is 5.07. The Morgan fingerprint density at radius 1 is 1.47 bits per heavy atom. The average Bonchev–Trinajstić information content (AvgIpc) is 2.25. The molecule has 0 atom stereocenters. The molecule has 0 N–H and O–H groups in total. The van der Waals surface area contributed by atoms with E-state index < -0.39 is 0 Å². The molecule has 0 spiro atoms. The van der Waals surface area contributed by atoms with Gasteiger partial charge in [-0.2, -0.15) is 0 Å². The van der Waals surface area contributed by atoms with E-state index in [4.69, 9.17) is 4.74 Å². The Balaban J connectivity index is 2.89. The van der Waals surface area contributed by atoms with Gasteiger partial charge in [-0.05, 0) is 13.8 Å². The molecule has 84 valence electrons.